The molecular formula is C22H30FN3O+2. The summed E-state index contributed by atoms with van der Waals surface area (Å²) in [6, 6.07) is 13.2. The summed E-state index contributed by atoms with van der Waals surface area (Å²) >= 11 is 0. The second-order valence-electron chi connectivity index (χ2n) is 7.65. The van der Waals surface area contributed by atoms with Crippen LogP contribution in [-0.4, -0.2) is 38.6 Å². The van der Waals surface area contributed by atoms with Crippen molar-refractivity contribution in [3.63, 3.8) is 0 Å². The Morgan fingerprint density at radius 2 is 1.74 bits per heavy atom. The zero-order chi connectivity index (χ0) is 19.4. The molecule has 1 fully saturated rings. The van der Waals surface area contributed by atoms with Gasteiger partial charge in [-0.15, -0.1) is 0 Å². The first-order chi connectivity index (χ1) is 12.9. The number of nitrogens with one attached hydrogen (secondary N) is 3. The van der Waals surface area contributed by atoms with E-state index in [1.54, 1.807) is 0 Å². The lowest BCUT2D eigenvalue weighted by molar-refractivity contribution is -1.02. The fraction of sp³-hybridized carbons (Fsp3) is 0.409. The van der Waals surface area contributed by atoms with Gasteiger partial charge in [-0.2, -0.15) is 0 Å². The Hall–Kier alpha value is -2.24. The maximum absolute atomic E-state index is 13.1. The van der Waals surface area contributed by atoms with Crippen molar-refractivity contribution in [2.24, 2.45) is 0 Å². The van der Waals surface area contributed by atoms with Crippen LogP contribution in [0, 0.1) is 19.7 Å². The number of piperazine rings is 1. The number of hydrogen-bond acceptors (Lipinski definition) is 1. The Bertz CT molecular complexity index is 783. The minimum atomic E-state index is -0.190. The molecule has 1 amide bonds. The monoisotopic (exact) mass is 371 g/mol. The summed E-state index contributed by atoms with van der Waals surface area (Å²) in [5.74, 6) is -0.112. The molecule has 3 N–H and O–H groups in total. The molecule has 0 aliphatic carbocycles. The van der Waals surface area contributed by atoms with Crippen LogP contribution in [0.2, 0.25) is 0 Å². The van der Waals surface area contributed by atoms with Crippen molar-refractivity contribution in [3.8, 4) is 0 Å². The number of carbonyl (C=O) groups excluding carboxylic acids is 1. The van der Waals surface area contributed by atoms with Crippen LogP contribution < -0.4 is 15.1 Å². The van der Waals surface area contributed by atoms with Crippen LogP contribution in [-0.2, 0) is 4.79 Å². The molecular weight excluding hydrogens is 341 g/mol. The molecule has 4 nitrogen and oxygen atoms in total. The average Bonchev–Trinajstić information content (AvgIpc) is 2.66. The van der Waals surface area contributed by atoms with Crippen LogP contribution in [0.1, 0.15) is 29.7 Å². The number of benzene rings is 2. The number of anilines is 1. The zero-order valence-corrected chi connectivity index (χ0v) is 16.4. The summed E-state index contributed by atoms with van der Waals surface area (Å²) in [7, 11) is 0. The van der Waals surface area contributed by atoms with E-state index in [2.05, 4.69) is 25.2 Å². The molecule has 0 bridgehead atoms. The van der Waals surface area contributed by atoms with Crippen LogP contribution in [0.3, 0.4) is 0 Å². The fourth-order valence-corrected chi connectivity index (χ4v) is 3.83. The van der Waals surface area contributed by atoms with Crippen molar-refractivity contribution in [2.45, 2.75) is 26.8 Å². The topological polar surface area (TPSA) is 38.0 Å². The van der Waals surface area contributed by atoms with Crippen molar-refractivity contribution < 1.29 is 19.0 Å². The predicted molar refractivity (Wildman–Crippen MR) is 106 cm³/mol. The predicted octanol–water partition coefficient (Wildman–Crippen LogP) is 0.926. The van der Waals surface area contributed by atoms with Crippen molar-refractivity contribution in [3.05, 3.63) is 65.0 Å². The number of halogens is 1. The third-order valence-corrected chi connectivity index (χ3v) is 5.87. The van der Waals surface area contributed by atoms with Crippen molar-refractivity contribution in [1.29, 1.82) is 0 Å². The third kappa shape index (κ3) is 4.93. The Labute approximate surface area is 161 Å². The molecule has 1 aliphatic rings. The van der Waals surface area contributed by atoms with Gasteiger partial charge in [0.05, 0.1) is 0 Å². The summed E-state index contributed by atoms with van der Waals surface area (Å²) in [6.07, 6.45) is 0. The molecule has 0 radical (unpaired) electrons. The number of quaternary nitrogens is 2. The van der Waals surface area contributed by atoms with E-state index in [-0.39, 0.29) is 11.7 Å². The minimum Gasteiger partial charge on any atom is -0.321 e. The molecule has 1 saturated heterocycles. The maximum Gasteiger partial charge on any atom is 0.279 e. The van der Waals surface area contributed by atoms with Crippen LogP contribution in [0.4, 0.5) is 10.1 Å². The molecule has 3 rings (SSSR count). The van der Waals surface area contributed by atoms with Gasteiger partial charge in [0.1, 0.15) is 38.0 Å². The first-order valence-electron chi connectivity index (χ1n) is 9.73. The Morgan fingerprint density at radius 3 is 2.41 bits per heavy atom. The van der Waals surface area contributed by atoms with E-state index in [0.717, 1.165) is 37.4 Å². The summed E-state index contributed by atoms with van der Waals surface area (Å²) in [4.78, 5) is 15.3. The van der Waals surface area contributed by atoms with Gasteiger partial charge in [-0.25, -0.2) is 4.39 Å². The Kier molecular flexibility index (Phi) is 6.24. The first kappa shape index (κ1) is 19.5. The number of carbonyl (C=O) groups is 1. The van der Waals surface area contributed by atoms with Gasteiger partial charge >= 0.3 is 0 Å². The second kappa shape index (κ2) is 8.63. The number of aryl methyl sites for hydroxylation is 1. The van der Waals surface area contributed by atoms with Gasteiger partial charge in [0.2, 0.25) is 0 Å². The molecule has 5 heteroatoms. The van der Waals surface area contributed by atoms with Crippen LogP contribution in [0.5, 0.6) is 0 Å². The van der Waals surface area contributed by atoms with E-state index in [0.29, 0.717) is 12.6 Å². The van der Waals surface area contributed by atoms with Gasteiger partial charge < -0.3 is 15.1 Å². The summed E-state index contributed by atoms with van der Waals surface area (Å²) in [5.41, 5.74) is 4.39. The molecule has 27 heavy (non-hydrogen) atoms. The molecule has 0 aromatic heterocycles. The van der Waals surface area contributed by atoms with Gasteiger partial charge in [0.15, 0.2) is 6.54 Å². The van der Waals surface area contributed by atoms with Crippen LogP contribution >= 0.6 is 0 Å². The lowest BCUT2D eigenvalue weighted by Gasteiger charge is -2.33. The van der Waals surface area contributed by atoms with Gasteiger partial charge in [0, 0.05) is 11.3 Å². The van der Waals surface area contributed by atoms with E-state index < -0.39 is 0 Å². The summed E-state index contributed by atoms with van der Waals surface area (Å²) < 4.78 is 13.1. The molecule has 1 aliphatic heterocycles. The van der Waals surface area contributed by atoms with Gasteiger partial charge in [-0.3, -0.25) is 4.79 Å². The van der Waals surface area contributed by atoms with Crippen molar-refractivity contribution >= 4 is 11.6 Å². The standard InChI is InChI=1S/C22H28FN3O/c1-16-5-4-6-21(17(16)2)24-22(27)15-25-11-13-26(14-12-25)18(3)19-7-9-20(23)10-8-19/h4-10,18H,11-15H2,1-3H3,(H,24,27)/p+2/t18-/m0/s1. The van der Waals surface area contributed by atoms with Crippen molar-refractivity contribution in [2.75, 3.05) is 38.0 Å². The largest absolute Gasteiger partial charge is 0.321 e. The van der Waals surface area contributed by atoms with E-state index >= 15 is 0 Å². The van der Waals surface area contributed by atoms with Crippen molar-refractivity contribution in [1.82, 2.24) is 0 Å². The van der Waals surface area contributed by atoms with E-state index in [9.17, 15) is 9.18 Å². The highest BCUT2D eigenvalue weighted by Gasteiger charge is 2.29. The average molecular weight is 372 g/mol. The SMILES string of the molecule is Cc1cccc(NC(=O)C[NH+]2CC[NH+]([C@@H](C)c3ccc(F)cc3)CC2)c1C. The van der Waals surface area contributed by atoms with Gasteiger partial charge in [0.25, 0.3) is 5.91 Å². The van der Waals surface area contributed by atoms with Gasteiger partial charge in [-0.05, 0) is 50.1 Å². The molecule has 1 atom stereocenters. The third-order valence-electron chi connectivity index (χ3n) is 5.87. The van der Waals surface area contributed by atoms with E-state index in [1.165, 1.54) is 33.1 Å². The molecule has 0 unspecified atom stereocenters. The first-order valence-corrected chi connectivity index (χ1v) is 9.73. The second-order valence-corrected chi connectivity index (χ2v) is 7.65. The lowest BCUT2D eigenvalue weighted by atomic mass is 10.1. The summed E-state index contributed by atoms with van der Waals surface area (Å²) in [6.45, 7) is 10.8. The molecule has 0 spiro atoms. The lowest BCUT2D eigenvalue weighted by Crippen LogP contribution is -3.28. The number of rotatable bonds is 5. The highest BCUT2D eigenvalue weighted by Crippen LogP contribution is 2.17. The Balaban J connectivity index is 1.49. The molecule has 0 saturated carbocycles. The highest BCUT2D eigenvalue weighted by atomic mass is 19.1. The molecule has 1 heterocycles. The minimum absolute atomic E-state index is 0.0775. The van der Waals surface area contributed by atoms with Crippen LogP contribution in [0.25, 0.3) is 0 Å². The fourth-order valence-electron chi connectivity index (χ4n) is 3.83. The number of hydrogen-bond donors (Lipinski definition) is 3. The van der Waals surface area contributed by atoms with E-state index in [4.69, 9.17) is 0 Å². The molecule has 2 aromatic rings. The van der Waals surface area contributed by atoms with Gasteiger partial charge in [-0.1, -0.05) is 24.3 Å². The molecule has 144 valence electrons. The Morgan fingerprint density at radius 1 is 1.07 bits per heavy atom. The summed E-state index contributed by atoms with van der Waals surface area (Å²) in [5, 5.41) is 3.06. The zero-order valence-electron chi connectivity index (χ0n) is 16.4. The smallest absolute Gasteiger partial charge is 0.279 e. The number of amides is 1. The highest BCUT2D eigenvalue weighted by molar-refractivity contribution is 5.92. The van der Waals surface area contributed by atoms with Crippen LogP contribution in [0.15, 0.2) is 42.5 Å². The van der Waals surface area contributed by atoms with E-state index in [1.807, 2.05) is 31.2 Å². The normalized spacial score (nSPS) is 20.9. The quantitative estimate of drug-likeness (QED) is 0.719. The molecule has 2 aromatic carbocycles. The maximum atomic E-state index is 13.1.